The van der Waals surface area contributed by atoms with Crippen molar-refractivity contribution in [2.24, 2.45) is 0 Å². The Labute approximate surface area is 230 Å². The Bertz CT molecular complexity index is 1530. The highest BCUT2D eigenvalue weighted by molar-refractivity contribution is 7.91. The van der Waals surface area contributed by atoms with Gasteiger partial charge in [0.15, 0.2) is 0 Å². The van der Waals surface area contributed by atoms with Gasteiger partial charge in [-0.2, -0.15) is 17.9 Å². The molecule has 2 unspecified atom stereocenters. The van der Waals surface area contributed by atoms with Gasteiger partial charge in [-0.05, 0) is 36.1 Å². The van der Waals surface area contributed by atoms with E-state index in [4.69, 9.17) is 4.74 Å². The highest BCUT2D eigenvalue weighted by atomic mass is 32.2. The average molecular weight is 600 g/mol. The van der Waals surface area contributed by atoms with Crippen LogP contribution in [0.1, 0.15) is 35.6 Å². The third-order valence-corrected chi connectivity index (χ3v) is 10.0. The molecule has 214 valence electrons. The molecule has 2 atom stereocenters. The molecule has 1 aliphatic carbocycles. The summed E-state index contributed by atoms with van der Waals surface area (Å²) in [4.78, 5) is 26.6. The van der Waals surface area contributed by atoms with E-state index in [9.17, 15) is 36.3 Å². The molecule has 3 aromatic rings. The number of benzene rings is 1. The minimum absolute atomic E-state index is 0.00309. The molecule has 2 fully saturated rings. The third kappa shape index (κ3) is 5.77. The van der Waals surface area contributed by atoms with Crippen LogP contribution in [0.5, 0.6) is 0 Å². The predicted octanol–water partition coefficient (Wildman–Crippen LogP) is 3.50. The Morgan fingerprint density at radius 1 is 1.18 bits per heavy atom. The molecule has 10 nitrogen and oxygen atoms in total. The summed E-state index contributed by atoms with van der Waals surface area (Å²) in [6.45, 7) is 2.09. The zero-order valence-corrected chi connectivity index (χ0v) is 22.4. The minimum atomic E-state index is -4.75. The minimum Gasteiger partial charge on any atom is -0.480 e. The standard InChI is InChI=1S/C25H24F3N3O7S2/c26-25(27,28)20-13-18(29-38-20)19-5-7-22(39-19)40(35,36)30-24(23(33)34)14-17(24)16-3-1-2-15(12-16)4-6-21(32)31-8-10-37-11-9-31/h1-3,5,7,12-13,17,30H,4,6,8-11,14H2,(H,33,34). The van der Waals surface area contributed by atoms with Crippen molar-refractivity contribution in [1.29, 1.82) is 0 Å². The number of alkyl halides is 3. The molecule has 0 bridgehead atoms. The lowest BCUT2D eigenvalue weighted by atomic mass is 10.0. The lowest BCUT2D eigenvalue weighted by molar-refractivity contribution is -0.155. The van der Waals surface area contributed by atoms with Gasteiger partial charge in [0.1, 0.15) is 15.4 Å². The number of hydrogen-bond acceptors (Lipinski definition) is 8. The summed E-state index contributed by atoms with van der Waals surface area (Å²) in [5, 5.41) is 13.3. The Morgan fingerprint density at radius 3 is 2.60 bits per heavy atom. The second-order valence-electron chi connectivity index (χ2n) is 9.57. The number of rotatable bonds is 9. The van der Waals surface area contributed by atoms with Crippen LogP contribution in [0.2, 0.25) is 0 Å². The Hall–Kier alpha value is -3.27. The van der Waals surface area contributed by atoms with Crippen molar-refractivity contribution in [3.8, 4) is 10.6 Å². The highest BCUT2D eigenvalue weighted by Gasteiger charge is 2.63. The maximum absolute atomic E-state index is 13.1. The summed E-state index contributed by atoms with van der Waals surface area (Å²) in [7, 11) is -4.35. The topological polar surface area (TPSA) is 139 Å². The quantitative estimate of drug-likeness (QED) is 0.381. The number of carboxylic acids is 1. The van der Waals surface area contributed by atoms with Gasteiger partial charge in [0.05, 0.1) is 18.1 Å². The van der Waals surface area contributed by atoms with E-state index in [2.05, 4.69) is 14.4 Å². The molecule has 0 radical (unpaired) electrons. The third-order valence-electron chi connectivity index (χ3n) is 6.89. The van der Waals surface area contributed by atoms with Crippen molar-refractivity contribution >= 4 is 33.2 Å². The summed E-state index contributed by atoms with van der Waals surface area (Å²) in [5.74, 6) is -3.32. The predicted molar refractivity (Wildman–Crippen MR) is 135 cm³/mol. The number of aromatic nitrogens is 1. The van der Waals surface area contributed by atoms with E-state index in [1.54, 1.807) is 23.1 Å². The fourth-order valence-corrected chi connectivity index (χ4v) is 7.33. The van der Waals surface area contributed by atoms with E-state index in [1.165, 1.54) is 12.1 Å². The maximum atomic E-state index is 13.1. The molecular weight excluding hydrogens is 575 g/mol. The lowest BCUT2D eigenvalue weighted by Crippen LogP contribution is -2.44. The number of carbonyl (C=O) groups excluding carboxylic acids is 1. The number of carboxylic acid groups (broad SMARTS) is 1. The molecule has 1 saturated carbocycles. The van der Waals surface area contributed by atoms with E-state index < -0.39 is 39.4 Å². The van der Waals surface area contributed by atoms with Crippen molar-refractivity contribution in [3.05, 3.63) is 59.4 Å². The second kappa shape index (κ2) is 10.6. The van der Waals surface area contributed by atoms with Crippen molar-refractivity contribution in [2.75, 3.05) is 26.3 Å². The van der Waals surface area contributed by atoms with Crippen LogP contribution in [0.15, 0.2) is 51.2 Å². The molecule has 1 amide bonds. The Morgan fingerprint density at radius 2 is 1.93 bits per heavy atom. The summed E-state index contributed by atoms with van der Waals surface area (Å²) < 4.78 is 76.3. The fraction of sp³-hybridized carbons (Fsp3) is 0.400. The molecule has 1 aromatic carbocycles. The Balaban J connectivity index is 1.28. The number of morpholine rings is 1. The molecule has 2 aromatic heterocycles. The van der Waals surface area contributed by atoms with Crippen molar-refractivity contribution in [3.63, 3.8) is 0 Å². The van der Waals surface area contributed by atoms with Gasteiger partial charge in [0.25, 0.3) is 10.0 Å². The average Bonchev–Trinajstić information content (AvgIpc) is 3.26. The number of sulfonamides is 1. The number of nitrogens with zero attached hydrogens (tertiary/aromatic N) is 2. The van der Waals surface area contributed by atoms with E-state index in [0.717, 1.165) is 5.56 Å². The Kier molecular flexibility index (Phi) is 7.50. The molecule has 2 aliphatic rings. The first kappa shape index (κ1) is 28.3. The molecule has 3 heterocycles. The van der Waals surface area contributed by atoms with E-state index in [-0.39, 0.29) is 33.5 Å². The van der Waals surface area contributed by atoms with Crippen LogP contribution in [0.4, 0.5) is 13.2 Å². The monoisotopic (exact) mass is 599 g/mol. The summed E-state index contributed by atoms with van der Waals surface area (Å²) in [5.41, 5.74) is -0.542. The van der Waals surface area contributed by atoms with Gasteiger partial charge < -0.3 is 19.3 Å². The molecule has 1 saturated heterocycles. The normalized spacial score (nSPS) is 21.4. The number of ether oxygens (including phenoxy) is 1. The molecule has 0 spiro atoms. The SMILES string of the molecule is O=C(CCc1cccc(C2CC2(NS(=O)(=O)c2ccc(-c3cc(C(F)(F)F)on3)s2)C(=O)O)c1)N1CCOCC1. The summed E-state index contributed by atoms with van der Waals surface area (Å²) in [6, 6.07) is 10.2. The van der Waals surface area contributed by atoms with Crippen LogP contribution in [0.25, 0.3) is 10.6 Å². The van der Waals surface area contributed by atoms with Gasteiger partial charge in [-0.25, -0.2) is 8.42 Å². The zero-order valence-electron chi connectivity index (χ0n) is 20.8. The number of aryl methyl sites for hydroxylation is 1. The number of aliphatic carboxylic acids is 1. The van der Waals surface area contributed by atoms with Crippen LogP contribution in [0, 0.1) is 0 Å². The maximum Gasteiger partial charge on any atom is 0.452 e. The summed E-state index contributed by atoms with van der Waals surface area (Å²) in [6.07, 6.45) is -4.02. The number of hydrogen-bond donors (Lipinski definition) is 2. The van der Waals surface area contributed by atoms with E-state index in [1.807, 2.05) is 6.07 Å². The molecule has 1 aliphatic heterocycles. The summed E-state index contributed by atoms with van der Waals surface area (Å²) >= 11 is 0.641. The molecule has 2 N–H and O–H groups in total. The largest absolute Gasteiger partial charge is 0.480 e. The molecule has 5 rings (SSSR count). The number of thiophene rings is 1. The van der Waals surface area contributed by atoms with Crippen LogP contribution in [-0.4, -0.2) is 67.3 Å². The van der Waals surface area contributed by atoms with Crippen molar-refractivity contribution in [2.45, 2.75) is 41.1 Å². The molecule has 15 heteroatoms. The van der Waals surface area contributed by atoms with Crippen molar-refractivity contribution in [1.82, 2.24) is 14.8 Å². The fourth-order valence-electron chi connectivity index (χ4n) is 4.66. The highest BCUT2D eigenvalue weighted by Crippen LogP contribution is 2.53. The number of halogens is 3. The smallest absolute Gasteiger partial charge is 0.452 e. The second-order valence-corrected chi connectivity index (χ2v) is 12.6. The van der Waals surface area contributed by atoms with Gasteiger partial charge in [0, 0.05) is 31.5 Å². The zero-order chi connectivity index (χ0) is 28.7. The van der Waals surface area contributed by atoms with Crippen molar-refractivity contribution < 1.29 is 45.5 Å². The molecule has 40 heavy (non-hydrogen) atoms. The van der Waals surface area contributed by atoms with Crippen LogP contribution in [-0.2, 0) is 36.9 Å². The van der Waals surface area contributed by atoms with E-state index in [0.29, 0.717) is 55.7 Å². The van der Waals surface area contributed by atoms with Crippen LogP contribution in [0.3, 0.4) is 0 Å². The van der Waals surface area contributed by atoms with Gasteiger partial charge in [0.2, 0.25) is 11.7 Å². The van der Waals surface area contributed by atoms with Crippen LogP contribution >= 0.6 is 11.3 Å². The number of amides is 1. The van der Waals surface area contributed by atoms with E-state index >= 15 is 0 Å². The lowest BCUT2D eigenvalue weighted by Gasteiger charge is -2.26. The number of nitrogens with one attached hydrogen (secondary N) is 1. The van der Waals surface area contributed by atoms with Gasteiger partial charge in [-0.15, -0.1) is 11.3 Å². The van der Waals surface area contributed by atoms with Crippen LogP contribution < -0.4 is 4.72 Å². The first-order valence-corrected chi connectivity index (χ1v) is 14.5. The molecular formula is C25H24F3N3O7S2. The van der Waals surface area contributed by atoms with Gasteiger partial charge in [-0.1, -0.05) is 29.4 Å². The van der Waals surface area contributed by atoms with Gasteiger partial charge in [-0.3, -0.25) is 9.59 Å². The van der Waals surface area contributed by atoms with Gasteiger partial charge >= 0.3 is 12.1 Å². The first-order chi connectivity index (χ1) is 18.9. The number of carbonyl (C=O) groups is 2. The first-order valence-electron chi connectivity index (χ1n) is 12.2.